The molecule has 1 N–H and O–H groups in total. The highest BCUT2D eigenvalue weighted by Crippen LogP contribution is 2.28. The van der Waals surface area contributed by atoms with E-state index in [1.807, 2.05) is 41.4 Å². The molecule has 5 rings (SSSR count). The minimum Gasteiger partial charge on any atom is -0.441 e. The molecule has 156 valence electrons. The molecular formula is C25H24N4O2. The number of H-pyrrole nitrogens is 1. The molecule has 0 radical (unpaired) electrons. The normalized spacial score (nSPS) is 14.1. The minimum atomic E-state index is 0.131. The van der Waals surface area contributed by atoms with Crippen molar-refractivity contribution in [1.29, 1.82) is 0 Å². The summed E-state index contributed by atoms with van der Waals surface area (Å²) in [6.07, 6.45) is 9.42. The Balaban J connectivity index is 1.19. The van der Waals surface area contributed by atoms with Crippen molar-refractivity contribution < 1.29 is 9.21 Å². The van der Waals surface area contributed by atoms with Crippen molar-refractivity contribution in [2.45, 2.75) is 26.2 Å². The summed E-state index contributed by atoms with van der Waals surface area (Å²) in [7, 11) is 0. The van der Waals surface area contributed by atoms with Gasteiger partial charge in [-0.15, -0.1) is 0 Å². The van der Waals surface area contributed by atoms with Crippen molar-refractivity contribution in [3.8, 4) is 11.3 Å². The highest BCUT2D eigenvalue weighted by atomic mass is 16.4. The zero-order chi connectivity index (χ0) is 21.2. The number of carbonyl (C=O) groups excluding carboxylic acids is 1. The van der Waals surface area contributed by atoms with Gasteiger partial charge in [-0.25, -0.2) is 9.97 Å². The van der Waals surface area contributed by atoms with Crippen LogP contribution in [0.15, 0.2) is 65.5 Å². The first-order valence-electron chi connectivity index (χ1n) is 10.6. The summed E-state index contributed by atoms with van der Waals surface area (Å²) in [6.45, 7) is 3.40. The lowest BCUT2D eigenvalue weighted by atomic mass is 9.99. The number of aryl methyl sites for hydroxylation is 2. The van der Waals surface area contributed by atoms with E-state index in [2.05, 4.69) is 34.0 Å². The summed E-state index contributed by atoms with van der Waals surface area (Å²) in [5.74, 6) is 1.47. The number of nitrogens with zero attached hydrogens (tertiary/aromatic N) is 3. The van der Waals surface area contributed by atoms with Gasteiger partial charge < -0.3 is 14.3 Å². The van der Waals surface area contributed by atoms with Crippen LogP contribution in [0.4, 0.5) is 0 Å². The fraction of sp³-hybridized carbons (Fsp3) is 0.240. The number of hydrogen-bond donors (Lipinski definition) is 1. The van der Waals surface area contributed by atoms with Gasteiger partial charge in [-0.3, -0.25) is 4.79 Å². The molecule has 1 aliphatic rings. The van der Waals surface area contributed by atoms with E-state index in [9.17, 15) is 4.79 Å². The fourth-order valence-corrected chi connectivity index (χ4v) is 4.01. The Labute approximate surface area is 180 Å². The standard InChI is InChI=1S/C25H24N4O2/c1-17-4-6-19(7-5-17)22-16-27-23(31-22)8-9-24(30)29-13-10-18(11-14-29)21-15-28-25-20(21)3-2-12-26-25/h2-7,10,12,15-16H,8-9,11,13-14H2,1H3,(H,26,28). The van der Waals surface area contributed by atoms with Crippen LogP contribution in [0.3, 0.4) is 0 Å². The minimum absolute atomic E-state index is 0.131. The smallest absolute Gasteiger partial charge is 0.223 e. The summed E-state index contributed by atoms with van der Waals surface area (Å²) in [5, 5.41) is 1.13. The van der Waals surface area contributed by atoms with Crippen LogP contribution < -0.4 is 0 Å². The number of nitrogens with one attached hydrogen (secondary N) is 1. The summed E-state index contributed by atoms with van der Waals surface area (Å²) >= 11 is 0. The molecule has 1 aromatic carbocycles. The molecule has 4 aromatic rings. The molecule has 6 heteroatoms. The second-order valence-electron chi connectivity index (χ2n) is 7.91. The molecule has 3 aromatic heterocycles. The summed E-state index contributed by atoms with van der Waals surface area (Å²) in [6, 6.07) is 12.2. The summed E-state index contributed by atoms with van der Waals surface area (Å²) < 4.78 is 5.85. The predicted molar refractivity (Wildman–Crippen MR) is 120 cm³/mol. The molecule has 0 aliphatic carbocycles. The Morgan fingerprint density at radius 2 is 2.06 bits per heavy atom. The Morgan fingerprint density at radius 1 is 1.19 bits per heavy atom. The molecule has 4 heterocycles. The fourth-order valence-electron chi connectivity index (χ4n) is 4.01. The average Bonchev–Trinajstić information content (AvgIpc) is 3.45. The Kier molecular flexibility index (Phi) is 5.12. The first-order chi connectivity index (χ1) is 15.2. The molecule has 1 amide bonds. The molecule has 0 unspecified atom stereocenters. The lowest BCUT2D eigenvalue weighted by Crippen LogP contribution is -2.34. The highest BCUT2D eigenvalue weighted by Gasteiger charge is 2.20. The monoisotopic (exact) mass is 412 g/mol. The van der Waals surface area contributed by atoms with Crippen LogP contribution in [0, 0.1) is 6.92 Å². The van der Waals surface area contributed by atoms with Gasteiger partial charge in [-0.1, -0.05) is 35.9 Å². The van der Waals surface area contributed by atoms with Crippen LogP contribution in [0.5, 0.6) is 0 Å². The van der Waals surface area contributed by atoms with Gasteiger partial charge in [-0.05, 0) is 31.1 Å². The van der Waals surface area contributed by atoms with Gasteiger partial charge in [0.2, 0.25) is 5.91 Å². The number of oxazole rings is 1. The quantitative estimate of drug-likeness (QED) is 0.512. The van der Waals surface area contributed by atoms with Gasteiger partial charge >= 0.3 is 0 Å². The van der Waals surface area contributed by atoms with Gasteiger partial charge in [0.05, 0.1) is 6.20 Å². The van der Waals surface area contributed by atoms with E-state index in [-0.39, 0.29) is 5.91 Å². The Bertz CT molecular complexity index is 1250. The van der Waals surface area contributed by atoms with E-state index in [4.69, 9.17) is 4.42 Å². The maximum Gasteiger partial charge on any atom is 0.223 e. The number of aromatic nitrogens is 3. The number of hydrogen-bond acceptors (Lipinski definition) is 4. The van der Waals surface area contributed by atoms with E-state index >= 15 is 0 Å². The van der Waals surface area contributed by atoms with Crippen LogP contribution in [0.1, 0.15) is 29.9 Å². The van der Waals surface area contributed by atoms with Gasteiger partial charge in [0.25, 0.3) is 0 Å². The van der Waals surface area contributed by atoms with E-state index in [0.29, 0.717) is 25.3 Å². The SMILES string of the molecule is Cc1ccc(-c2cnc(CCC(=O)N3CC=C(c4c[nH]c5ncccc45)CC3)o2)cc1. The van der Waals surface area contributed by atoms with Crippen LogP contribution >= 0.6 is 0 Å². The molecule has 31 heavy (non-hydrogen) atoms. The first kappa shape index (κ1) is 19.3. The lowest BCUT2D eigenvalue weighted by molar-refractivity contribution is -0.130. The molecule has 0 fully saturated rings. The number of amides is 1. The van der Waals surface area contributed by atoms with Gasteiger partial charge in [0.1, 0.15) is 5.65 Å². The molecule has 0 saturated heterocycles. The lowest BCUT2D eigenvalue weighted by Gasteiger charge is -2.26. The maximum absolute atomic E-state index is 12.7. The second-order valence-corrected chi connectivity index (χ2v) is 7.91. The zero-order valence-corrected chi connectivity index (χ0v) is 17.5. The molecule has 0 spiro atoms. The molecule has 0 saturated carbocycles. The predicted octanol–water partition coefficient (Wildman–Crippen LogP) is 4.77. The molecular weight excluding hydrogens is 388 g/mol. The highest BCUT2D eigenvalue weighted by molar-refractivity contribution is 5.91. The summed E-state index contributed by atoms with van der Waals surface area (Å²) in [5.41, 5.74) is 5.54. The molecule has 0 atom stereocenters. The van der Waals surface area contributed by atoms with E-state index in [1.54, 1.807) is 12.4 Å². The van der Waals surface area contributed by atoms with E-state index in [1.165, 1.54) is 16.7 Å². The van der Waals surface area contributed by atoms with Crippen LogP contribution in [-0.4, -0.2) is 38.8 Å². The zero-order valence-electron chi connectivity index (χ0n) is 17.5. The number of aromatic amines is 1. The molecule has 0 bridgehead atoms. The van der Waals surface area contributed by atoms with Crippen LogP contribution in [0.25, 0.3) is 27.9 Å². The van der Waals surface area contributed by atoms with Crippen molar-refractivity contribution in [3.05, 3.63) is 78.1 Å². The number of rotatable bonds is 5. The Morgan fingerprint density at radius 3 is 2.87 bits per heavy atom. The van der Waals surface area contributed by atoms with Gasteiger partial charge in [0.15, 0.2) is 11.7 Å². The largest absolute Gasteiger partial charge is 0.441 e. The van der Waals surface area contributed by atoms with E-state index < -0.39 is 0 Å². The summed E-state index contributed by atoms with van der Waals surface area (Å²) in [4.78, 5) is 26.5. The Hall–Kier alpha value is -3.67. The number of benzene rings is 1. The van der Waals surface area contributed by atoms with Crippen molar-refractivity contribution in [3.63, 3.8) is 0 Å². The molecule has 1 aliphatic heterocycles. The first-order valence-corrected chi connectivity index (χ1v) is 10.6. The topological polar surface area (TPSA) is 75.0 Å². The number of fused-ring (bicyclic) bond motifs is 1. The third-order valence-electron chi connectivity index (χ3n) is 5.80. The van der Waals surface area contributed by atoms with Crippen molar-refractivity contribution in [2.24, 2.45) is 0 Å². The second kappa shape index (κ2) is 8.22. The third kappa shape index (κ3) is 4.01. The molecule has 6 nitrogen and oxygen atoms in total. The van der Waals surface area contributed by atoms with E-state index in [0.717, 1.165) is 35.3 Å². The van der Waals surface area contributed by atoms with Crippen molar-refractivity contribution in [2.75, 3.05) is 13.1 Å². The van der Waals surface area contributed by atoms with Gasteiger partial charge in [-0.2, -0.15) is 0 Å². The van der Waals surface area contributed by atoms with Gasteiger partial charge in [0, 0.05) is 54.8 Å². The van der Waals surface area contributed by atoms with Crippen molar-refractivity contribution in [1.82, 2.24) is 19.9 Å². The van der Waals surface area contributed by atoms with Crippen molar-refractivity contribution >= 4 is 22.5 Å². The number of carbonyl (C=O) groups is 1. The number of pyridine rings is 1. The average molecular weight is 412 g/mol. The van der Waals surface area contributed by atoms with Crippen LogP contribution in [0.2, 0.25) is 0 Å². The third-order valence-corrected chi connectivity index (χ3v) is 5.80. The maximum atomic E-state index is 12.7. The van der Waals surface area contributed by atoms with Crippen LogP contribution in [-0.2, 0) is 11.2 Å².